The summed E-state index contributed by atoms with van der Waals surface area (Å²) in [6.07, 6.45) is 1.65. The number of ether oxygens (including phenoxy) is 1. The van der Waals surface area contributed by atoms with Crippen LogP contribution in [0.25, 0.3) is 10.9 Å². The molecule has 1 amide bonds. The fraction of sp³-hybridized carbons (Fsp3) is 0.263. The van der Waals surface area contributed by atoms with Gasteiger partial charge >= 0.3 is 0 Å². The van der Waals surface area contributed by atoms with Gasteiger partial charge in [0.15, 0.2) is 12.4 Å². The number of rotatable bonds is 5. The summed E-state index contributed by atoms with van der Waals surface area (Å²) >= 11 is 9.58. The van der Waals surface area contributed by atoms with Crippen LogP contribution in [0.15, 0.2) is 46.1 Å². The Labute approximate surface area is 196 Å². The zero-order valence-corrected chi connectivity index (χ0v) is 20.2. The Balaban J connectivity index is 1.40. The lowest BCUT2D eigenvalue weighted by atomic mass is 10.2. The summed E-state index contributed by atoms with van der Waals surface area (Å²) in [5, 5.41) is 3.07. The van der Waals surface area contributed by atoms with E-state index in [2.05, 4.69) is 27.6 Å². The first kappa shape index (κ1) is 21.8. The number of piperazine rings is 1. The van der Waals surface area contributed by atoms with Gasteiger partial charge in [0, 0.05) is 37.8 Å². The lowest BCUT2D eigenvalue weighted by Crippen LogP contribution is -2.51. The van der Waals surface area contributed by atoms with Crippen molar-refractivity contribution in [2.24, 2.45) is 0 Å². The fourth-order valence-electron chi connectivity index (χ4n) is 3.22. The lowest BCUT2D eigenvalue weighted by Gasteiger charge is -2.33. The summed E-state index contributed by atoms with van der Waals surface area (Å²) in [5.41, 5.74) is 0.606. The molecule has 0 spiro atoms. The summed E-state index contributed by atoms with van der Waals surface area (Å²) in [7, 11) is -3.50. The average Bonchev–Trinajstić information content (AvgIpc) is 3.29. The van der Waals surface area contributed by atoms with E-state index >= 15 is 0 Å². The number of pyridine rings is 1. The molecule has 7 nitrogen and oxygen atoms in total. The van der Waals surface area contributed by atoms with Crippen molar-refractivity contribution in [3.8, 4) is 5.75 Å². The number of thiophene rings is 1. The van der Waals surface area contributed by atoms with Crippen LogP contribution in [-0.2, 0) is 14.8 Å². The molecule has 1 aromatic carbocycles. The second-order valence-electron chi connectivity index (χ2n) is 6.57. The van der Waals surface area contributed by atoms with E-state index in [1.54, 1.807) is 40.7 Å². The Morgan fingerprint density at radius 3 is 2.70 bits per heavy atom. The number of hydrogen-bond donors (Lipinski definition) is 0. The van der Waals surface area contributed by atoms with Gasteiger partial charge in [-0.25, -0.2) is 8.42 Å². The fourth-order valence-corrected chi connectivity index (χ4v) is 6.96. The van der Waals surface area contributed by atoms with E-state index in [1.165, 1.54) is 15.6 Å². The number of halogens is 2. The van der Waals surface area contributed by atoms with Crippen molar-refractivity contribution < 1.29 is 17.9 Å². The van der Waals surface area contributed by atoms with Crippen molar-refractivity contribution in [1.29, 1.82) is 0 Å². The van der Waals surface area contributed by atoms with Crippen LogP contribution in [0.1, 0.15) is 0 Å². The zero-order chi connectivity index (χ0) is 21.3. The standard InChI is InChI=1S/C19H17ClIN3O4S2/c20-14-11-15(21)19(18-13(14)3-1-5-22-18)28-12-16(25)23-6-8-24(9-7-23)30(26,27)17-4-2-10-29-17/h1-5,10-11H,6-9,12H2. The first-order valence-electron chi connectivity index (χ1n) is 9.05. The molecule has 4 rings (SSSR count). The third-order valence-corrected chi connectivity index (χ3v) is 9.16. The summed E-state index contributed by atoms with van der Waals surface area (Å²) in [6, 6.07) is 8.73. The molecule has 0 saturated carbocycles. The Bertz CT molecular complexity index is 1180. The van der Waals surface area contributed by atoms with Crippen LogP contribution in [0, 0.1) is 3.57 Å². The summed E-state index contributed by atoms with van der Waals surface area (Å²) in [5.74, 6) is 0.320. The zero-order valence-electron chi connectivity index (χ0n) is 15.6. The SMILES string of the molecule is O=C(COc1c(I)cc(Cl)c2cccnc12)N1CCN(S(=O)(=O)c2cccs2)CC1. The summed E-state index contributed by atoms with van der Waals surface area (Å²) in [4.78, 5) is 18.6. The van der Waals surface area contributed by atoms with E-state index in [0.29, 0.717) is 33.6 Å². The number of fused-ring (bicyclic) bond motifs is 1. The van der Waals surface area contributed by atoms with Crippen molar-refractivity contribution in [2.45, 2.75) is 4.21 Å². The number of hydrogen-bond acceptors (Lipinski definition) is 6. The second-order valence-corrected chi connectivity index (χ2v) is 11.3. The Morgan fingerprint density at radius 2 is 2.00 bits per heavy atom. The molecule has 30 heavy (non-hydrogen) atoms. The smallest absolute Gasteiger partial charge is 0.260 e. The summed E-state index contributed by atoms with van der Waals surface area (Å²) < 4.78 is 33.6. The van der Waals surface area contributed by atoms with Gasteiger partial charge in [-0.3, -0.25) is 9.78 Å². The molecule has 3 aromatic rings. The Morgan fingerprint density at radius 1 is 1.23 bits per heavy atom. The molecule has 11 heteroatoms. The first-order valence-corrected chi connectivity index (χ1v) is 12.8. The van der Waals surface area contributed by atoms with Crippen molar-refractivity contribution in [1.82, 2.24) is 14.2 Å². The maximum Gasteiger partial charge on any atom is 0.260 e. The molecule has 0 unspecified atom stereocenters. The van der Waals surface area contributed by atoms with Crippen molar-refractivity contribution >= 4 is 72.4 Å². The van der Waals surface area contributed by atoms with Crippen LogP contribution in [0.3, 0.4) is 0 Å². The minimum absolute atomic E-state index is 0.152. The van der Waals surface area contributed by atoms with Gasteiger partial charge in [0.2, 0.25) is 0 Å². The van der Waals surface area contributed by atoms with Gasteiger partial charge in [0.1, 0.15) is 9.73 Å². The van der Waals surface area contributed by atoms with Crippen LogP contribution in [0.5, 0.6) is 5.75 Å². The largest absolute Gasteiger partial charge is 0.480 e. The van der Waals surface area contributed by atoms with Crippen molar-refractivity contribution in [3.05, 3.63) is 50.5 Å². The van der Waals surface area contributed by atoms with E-state index in [1.807, 2.05) is 6.07 Å². The molecule has 0 atom stereocenters. The highest BCUT2D eigenvalue weighted by Gasteiger charge is 2.30. The average molecular weight is 578 g/mol. The van der Waals surface area contributed by atoms with Gasteiger partial charge in [0.05, 0.1) is 8.59 Å². The number of carbonyl (C=O) groups excluding carboxylic acids is 1. The maximum absolute atomic E-state index is 12.7. The first-order chi connectivity index (χ1) is 14.4. The Hall–Kier alpha value is -1.47. The molecular weight excluding hydrogens is 561 g/mol. The van der Waals surface area contributed by atoms with E-state index < -0.39 is 10.0 Å². The quantitative estimate of drug-likeness (QED) is 0.434. The molecule has 2 aromatic heterocycles. The van der Waals surface area contributed by atoms with Gasteiger partial charge in [-0.2, -0.15) is 4.31 Å². The molecule has 158 valence electrons. The molecule has 1 aliphatic rings. The predicted molar refractivity (Wildman–Crippen MR) is 125 cm³/mol. The van der Waals surface area contributed by atoms with Crippen LogP contribution in [0.4, 0.5) is 0 Å². The third-order valence-electron chi connectivity index (χ3n) is 4.77. The predicted octanol–water partition coefficient (Wildman–Crippen LogP) is 3.47. The van der Waals surface area contributed by atoms with E-state index in [4.69, 9.17) is 16.3 Å². The highest BCUT2D eigenvalue weighted by atomic mass is 127. The van der Waals surface area contributed by atoms with E-state index in [9.17, 15) is 13.2 Å². The summed E-state index contributed by atoms with van der Waals surface area (Å²) in [6.45, 7) is 1.01. The van der Waals surface area contributed by atoms with Crippen LogP contribution >= 0.6 is 45.5 Å². The number of nitrogens with zero attached hydrogens (tertiary/aromatic N) is 3. The number of aromatic nitrogens is 1. The van der Waals surface area contributed by atoms with Gasteiger partial charge in [0.25, 0.3) is 15.9 Å². The van der Waals surface area contributed by atoms with E-state index in [0.717, 1.165) is 8.96 Å². The topological polar surface area (TPSA) is 79.8 Å². The minimum atomic E-state index is -3.50. The lowest BCUT2D eigenvalue weighted by molar-refractivity contribution is -0.134. The van der Waals surface area contributed by atoms with Gasteiger partial charge in [-0.1, -0.05) is 17.7 Å². The second kappa shape index (κ2) is 8.95. The molecule has 1 fully saturated rings. The minimum Gasteiger partial charge on any atom is -0.480 e. The number of benzene rings is 1. The van der Waals surface area contributed by atoms with Crippen LogP contribution in [0.2, 0.25) is 5.02 Å². The van der Waals surface area contributed by atoms with Gasteiger partial charge in [-0.05, 0) is 52.2 Å². The molecule has 1 aliphatic heterocycles. The van der Waals surface area contributed by atoms with Crippen molar-refractivity contribution in [2.75, 3.05) is 32.8 Å². The molecule has 0 N–H and O–H groups in total. The van der Waals surface area contributed by atoms with Crippen LogP contribution in [-0.4, -0.2) is 61.3 Å². The third kappa shape index (κ3) is 4.28. The maximum atomic E-state index is 12.7. The van der Waals surface area contributed by atoms with Crippen LogP contribution < -0.4 is 4.74 Å². The Kier molecular flexibility index (Phi) is 6.49. The number of carbonyl (C=O) groups is 1. The number of sulfonamides is 1. The molecule has 1 saturated heterocycles. The molecule has 3 heterocycles. The molecule has 0 aliphatic carbocycles. The van der Waals surface area contributed by atoms with Gasteiger partial charge < -0.3 is 9.64 Å². The molecular formula is C19H17ClIN3O4S2. The number of amides is 1. The van der Waals surface area contributed by atoms with Gasteiger partial charge in [-0.15, -0.1) is 11.3 Å². The van der Waals surface area contributed by atoms with Crippen molar-refractivity contribution in [3.63, 3.8) is 0 Å². The highest BCUT2D eigenvalue weighted by molar-refractivity contribution is 14.1. The monoisotopic (exact) mass is 577 g/mol. The highest BCUT2D eigenvalue weighted by Crippen LogP contribution is 2.34. The molecule has 0 radical (unpaired) electrons. The normalized spacial score (nSPS) is 15.5. The molecule has 0 bridgehead atoms. The van der Waals surface area contributed by atoms with E-state index in [-0.39, 0.29) is 25.6 Å².